The quantitative estimate of drug-likeness (QED) is 0.654. The minimum atomic E-state index is -0.0461. The third-order valence-electron chi connectivity index (χ3n) is 4.64. The van der Waals surface area contributed by atoms with Crippen LogP contribution in [0.4, 0.5) is 0 Å². The Morgan fingerprint density at radius 3 is 2.72 bits per heavy atom. The summed E-state index contributed by atoms with van der Waals surface area (Å²) >= 11 is 0. The van der Waals surface area contributed by atoms with E-state index in [1.165, 1.54) is 0 Å². The van der Waals surface area contributed by atoms with Crippen LogP contribution in [-0.4, -0.2) is 55.5 Å². The zero-order chi connectivity index (χ0) is 18.1. The fraction of sp³-hybridized carbons (Fsp3) is 0.600. The van der Waals surface area contributed by atoms with Crippen LogP contribution in [0.5, 0.6) is 0 Å². The summed E-state index contributed by atoms with van der Waals surface area (Å²) in [4.78, 5) is 19.6. The minimum absolute atomic E-state index is 0.00280. The summed E-state index contributed by atoms with van der Waals surface area (Å²) in [5.41, 5.74) is 0.742. The average Bonchev–Trinajstić information content (AvgIpc) is 2.64. The number of hydrogen-bond donors (Lipinski definition) is 1. The van der Waals surface area contributed by atoms with E-state index in [4.69, 9.17) is 4.74 Å². The zero-order valence-corrected chi connectivity index (χ0v) is 15.7. The van der Waals surface area contributed by atoms with E-state index in [0.29, 0.717) is 19.0 Å². The van der Waals surface area contributed by atoms with Crippen molar-refractivity contribution < 1.29 is 9.53 Å². The average molecular weight is 345 g/mol. The molecular weight excluding hydrogens is 314 g/mol. The molecule has 2 aliphatic rings. The van der Waals surface area contributed by atoms with Crippen molar-refractivity contribution in [3.63, 3.8) is 0 Å². The van der Waals surface area contributed by atoms with E-state index >= 15 is 0 Å². The smallest absolute Gasteiger partial charge is 0.248 e. The summed E-state index contributed by atoms with van der Waals surface area (Å²) in [7, 11) is 0. The van der Waals surface area contributed by atoms with Crippen LogP contribution >= 0.6 is 0 Å². The molecule has 138 valence electrons. The summed E-state index contributed by atoms with van der Waals surface area (Å²) in [6, 6.07) is -0.0461. The molecule has 1 amide bonds. The van der Waals surface area contributed by atoms with Gasteiger partial charge in [0.05, 0.1) is 12.6 Å². The largest absolute Gasteiger partial charge is 0.478 e. The lowest BCUT2D eigenvalue weighted by Gasteiger charge is -2.28. The zero-order valence-electron chi connectivity index (χ0n) is 15.7. The third kappa shape index (κ3) is 5.56. The Bertz CT molecular complexity index is 559. The number of hydrogen-bond acceptors (Lipinski definition) is 4. The molecular formula is C20H31N3O2. The molecule has 5 nitrogen and oxygen atoms in total. The number of dihydropyridines is 1. The maximum Gasteiger partial charge on any atom is 0.248 e. The van der Waals surface area contributed by atoms with Gasteiger partial charge in [0.2, 0.25) is 11.8 Å². The number of aliphatic imine (C=N–C) groups is 1. The van der Waals surface area contributed by atoms with Gasteiger partial charge in [-0.2, -0.15) is 0 Å². The van der Waals surface area contributed by atoms with Crippen molar-refractivity contribution in [1.82, 2.24) is 10.2 Å². The molecule has 0 aromatic rings. The van der Waals surface area contributed by atoms with Gasteiger partial charge in [0, 0.05) is 30.7 Å². The van der Waals surface area contributed by atoms with E-state index in [1.807, 2.05) is 30.4 Å². The number of nitrogens with one attached hydrogen (secondary N) is 1. The highest BCUT2D eigenvalue weighted by Crippen LogP contribution is 2.28. The minimum Gasteiger partial charge on any atom is -0.478 e. The van der Waals surface area contributed by atoms with Crippen LogP contribution in [0.15, 0.2) is 40.9 Å². The van der Waals surface area contributed by atoms with Gasteiger partial charge in [-0.05, 0) is 19.5 Å². The molecule has 2 rings (SSSR count). The highest BCUT2D eigenvalue weighted by Gasteiger charge is 2.30. The van der Waals surface area contributed by atoms with Crippen LogP contribution < -0.4 is 5.32 Å². The van der Waals surface area contributed by atoms with E-state index in [2.05, 4.69) is 36.0 Å². The molecule has 1 aliphatic carbocycles. The van der Waals surface area contributed by atoms with Crippen molar-refractivity contribution in [3.05, 3.63) is 36.0 Å². The lowest BCUT2D eigenvalue weighted by Crippen LogP contribution is -2.39. The number of amides is 1. The first-order valence-electron chi connectivity index (χ1n) is 9.47. The van der Waals surface area contributed by atoms with Crippen molar-refractivity contribution in [2.45, 2.75) is 39.7 Å². The molecule has 5 heteroatoms. The predicted octanol–water partition coefficient (Wildman–Crippen LogP) is 2.71. The Kier molecular flexibility index (Phi) is 7.92. The molecule has 0 aromatic heterocycles. The fourth-order valence-electron chi connectivity index (χ4n) is 3.01. The van der Waals surface area contributed by atoms with Crippen molar-refractivity contribution in [2.24, 2.45) is 10.9 Å². The molecule has 2 unspecified atom stereocenters. The first-order chi connectivity index (χ1) is 12.2. The van der Waals surface area contributed by atoms with Crippen molar-refractivity contribution in [2.75, 3.05) is 32.8 Å². The van der Waals surface area contributed by atoms with E-state index in [9.17, 15) is 4.79 Å². The number of nitrogens with zero attached hydrogens (tertiary/aromatic N) is 2. The molecule has 1 N–H and O–H groups in total. The van der Waals surface area contributed by atoms with Crippen LogP contribution in [0.2, 0.25) is 0 Å². The van der Waals surface area contributed by atoms with Crippen LogP contribution in [0, 0.1) is 5.92 Å². The summed E-state index contributed by atoms with van der Waals surface area (Å²) in [6.07, 6.45) is 11.9. The second kappa shape index (κ2) is 10.2. The molecule has 2 atom stereocenters. The second-order valence-electron chi connectivity index (χ2n) is 6.34. The van der Waals surface area contributed by atoms with Crippen LogP contribution in [0.1, 0.15) is 33.6 Å². The Morgan fingerprint density at radius 1 is 1.24 bits per heavy atom. The van der Waals surface area contributed by atoms with Gasteiger partial charge in [0.15, 0.2) is 0 Å². The summed E-state index contributed by atoms with van der Waals surface area (Å²) < 4.78 is 5.76. The topological polar surface area (TPSA) is 53.9 Å². The third-order valence-corrected chi connectivity index (χ3v) is 4.64. The maximum absolute atomic E-state index is 12.7. The SMILES string of the molecule is CCCCOC1=NC2C=CC=CC2C(C(=O)NCCN(CC)CC)=C1. The van der Waals surface area contributed by atoms with Crippen LogP contribution in [0.3, 0.4) is 0 Å². The predicted molar refractivity (Wildman–Crippen MR) is 103 cm³/mol. The normalized spacial score (nSPS) is 21.6. The number of carbonyl (C=O) groups excluding carboxylic acids is 1. The number of carbonyl (C=O) groups is 1. The summed E-state index contributed by atoms with van der Waals surface area (Å²) in [5, 5.41) is 3.05. The van der Waals surface area contributed by atoms with Gasteiger partial charge in [0.25, 0.3) is 0 Å². The van der Waals surface area contributed by atoms with Crippen LogP contribution in [0.25, 0.3) is 0 Å². The first-order valence-corrected chi connectivity index (χ1v) is 9.47. The number of ether oxygens (including phenoxy) is 1. The van der Waals surface area contributed by atoms with Crippen molar-refractivity contribution in [3.8, 4) is 0 Å². The van der Waals surface area contributed by atoms with Gasteiger partial charge in [-0.15, -0.1) is 0 Å². The lowest BCUT2D eigenvalue weighted by molar-refractivity contribution is -0.118. The monoisotopic (exact) mass is 345 g/mol. The maximum atomic E-state index is 12.7. The Balaban J connectivity index is 2.01. The number of rotatable bonds is 9. The van der Waals surface area contributed by atoms with Crippen LogP contribution in [-0.2, 0) is 9.53 Å². The molecule has 0 fully saturated rings. The van der Waals surface area contributed by atoms with E-state index in [1.54, 1.807) is 0 Å². The van der Waals surface area contributed by atoms with Gasteiger partial charge in [-0.3, -0.25) is 4.79 Å². The molecule has 0 saturated carbocycles. The molecule has 0 radical (unpaired) electrons. The van der Waals surface area contributed by atoms with E-state index in [0.717, 1.165) is 38.0 Å². The Labute approximate surface area is 151 Å². The van der Waals surface area contributed by atoms with Gasteiger partial charge in [0.1, 0.15) is 0 Å². The molecule has 25 heavy (non-hydrogen) atoms. The van der Waals surface area contributed by atoms with E-state index in [-0.39, 0.29) is 17.9 Å². The first kappa shape index (κ1) is 19.4. The van der Waals surface area contributed by atoms with Gasteiger partial charge in [-0.1, -0.05) is 51.5 Å². The molecule has 0 aromatic carbocycles. The van der Waals surface area contributed by atoms with E-state index < -0.39 is 0 Å². The Morgan fingerprint density at radius 2 is 2.00 bits per heavy atom. The molecule has 1 heterocycles. The molecule has 1 aliphatic heterocycles. The van der Waals surface area contributed by atoms with Gasteiger partial charge < -0.3 is 15.0 Å². The highest BCUT2D eigenvalue weighted by atomic mass is 16.5. The number of allylic oxidation sites excluding steroid dienone is 2. The number of fused-ring (bicyclic) bond motifs is 1. The van der Waals surface area contributed by atoms with Crippen molar-refractivity contribution >= 4 is 11.8 Å². The van der Waals surface area contributed by atoms with Gasteiger partial charge in [-0.25, -0.2) is 4.99 Å². The number of unbranched alkanes of at least 4 members (excludes halogenated alkanes) is 1. The van der Waals surface area contributed by atoms with Crippen molar-refractivity contribution in [1.29, 1.82) is 0 Å². The van der Waals surface area contributed by atoms with Gasteiger partial charge >= 0.3 is 0 Å². The highest BCUT2D eigenvalue weighted by molar-refractivity contribution is 6.03. The standard InChI is InChI=1S/C20H31N3O2/c1-4-7-14-25-19-15-17(16-10-8-9-11-18(16)22-19)20(24)21-12-13-23(5-2)6-3/h8-11,15-16,18H,4-7,12-14H2,1-3H3,(H,21,24). The fourth-order valence-corrected chi connectivity index (χ4v) is 3.01. The molecule has 0 bridgehead atoms. The number of likely N-dealkylation sites (N-methyl/N-ethyl adjacent to an activating group) is 1. The second-order valence-corrected chi connectivity index (χ2v) is 6.34. The summed E-state index contributed by atoms with van der Waals surface area (Å²) in [5.74, 6) is 0.550. The summed E-state index contributed by atoms with van der Waals surface area (Å²) in [6.45, 7) is 10.5. The molecule has 0 spiro atoms. The Hall–Kier alpha value is -1.88. The lowest BCUT2D eigenvalue weighted by atomic mass is 9.85. The molecule has 0 saturated heterocycles.